The molecule has 2 heterocycles. The van der Waals surface area contributed by atoms with Crippen LogP contribution in [0.3, 0.4) is 0 Å². The zero-order valence-corrected chi connectivity index (χ0v) is 13.9. The SMILES string of the molecule is CS(=O)(=O)N1CCC(Oc2ccc(NC(=O)C3CC3)cn2)CC1. The molecular formula is C15H21N3O4S. The van der Waals surface area contributed by atoms with E-state index in [1.165, 1.54) is 10.6 Å². The average Bonchev–Trinajstić information content (AvgIpc) is 3.34. The van der Waals surface area contributed by atoms with Gasteiger partial charge in [0.05, 0.1) is 18.1 Å². The third-order valence-electron chi connectivity index (χ3n) is 4.11. The van der Waals surface area contributed by atoms with Crippen LogP contribution in [0.4, 0.5) is 5.69 Å². The van der Waals surface area contributed by atoms with Gasteiger partial charge in [0.2, 0.25) is 21.8 Å². The number of nitrogens with zero attached hydrogens (tertiary/aromatic N) is 2. The maximum atomic E-state index is 11.7. The standard InChI is InChI=1S/C15H21N3O4S/c1-23(20,21)18-8-6-13(7-9-18)22-14-5-4-12(10-16-14)17-15(19)11-2-3-11/h4-5,10-11,13H,2-3,6-9H2,1H3,(H,17,19). The summed E-state index contributed by atoms with van der Waals surface area (Å²) in [5, 5.41) is 2.83. The number of aromatic nitrogens is 1. The van der Waals surface area contributed by atoms with Crippen LogP contribution < -0.4 is 10.1 Å². The van der Waals surface area contributed by atoms with E-state index in [1.54, 1.807) is 18.3 Å². The molecule has 0 radical (unpaired) electrons. The quantitative estimate of drug-likeness (QED) is 0.872. The first-order chi connectivity index (χ1) is 10.9. The predicted octanol–water partition coefficient (Wildman–Crippen LogP) is 1.23. The van der Waals surface area contributed by atoms with E-state index in [0.717, 1.165) is 12.8 Å². The minimum absolute atomic E-state index is 0.0348. The second-order valence-electron chi connectivity index (χ2n) is 6.13. The molecule has 2 fully saturated rings. The van der Waals surface area contributed by atoms with Gasteiger partial charge in [0.1, 0.15) is 6.10 Å². The summed E-state index contributed by atoms with van der Waals surface area (Å²) in [6.07, 6.45) is 6.00. The lowest BCUT2D eigenvalue weighted by Gasteiger charge is -2.30. The minimum Gasteiger partial charge on any atom is -0.474 e. The first-order valence-corrected chi connectivity index (χ1v) is 9.65. The fourth-order valence-electron chi connectivity index (χ4n) is 2.57. The van der Waals surface area contributed by atoms with E-state index in [9.17, 15) is 13.2 Å². The van der Waals surface area contributed by atoms with E-state index in [0.29, 0.717) is 37.5 Å². The number of rotatable bonds is 5. The highest BCUT2D eigenvalue weighted by Crippen LogP contribution is 2.30. The fraction of sp³-hybridized carbons (Fsp3) is 0.600. The van der Waals surface area contributed by atoms with Crippen LogP contribution in [0.25, 0.3) is 0 Å². The minimum atomic E-state index is -3.12. The Balaban J connectivity index is 1.50. The van der Waals surface area contributed by atoms with E-state index in [2.05, 4.69) is 10.3 Å². The highest BCUT2D eigenvalue weighted by atomic mass is 32.2. The lowest BCUT2D eigenvalue weighted by molar-refractivity contribution is -0.117. The Morgan fingerprint density at radius 3 is 2.48 bits per heavy atom. The highest BCUT2D eigenvalue weighted by Gasteiger charge is 2.29. The van der Waals surface area contributed by atoms with E-state index in [1.807, 2.05) is 0 Å². The van der Waals surface area contributed by atoms with Gasteiger partial charge >= 0.3 is 0 Å². The van der Waals surface area contributed by atoms with Crippen molar-refractivity contribution in [2.75, 3.05) is 24.7 Å². The van der Waals surface area contributed by atoms with Crippen LogP contribution in [0.5, 0.6) is 5.88 Å². The van der Waals surface area contributed by atoms with Gasteiger partial charge in [-0.25, -0.2) is 17.7 Å². The number of carbonyl (C=O) groups excluding carboxylic acids is 1. The van der Waals surface area contributed by atoms with Gasteiger partial charge in [0.25, 0.3) is 0 Å². The number of nitrogens with one attached hydrogen (secondary N) is 1. The molecule has 1 aromatic heterocycles. The summed E-state index contributed by atoms with van der Waals surface area (Å²) in [4.78, 5) is 15.9. The van der Waals surface area contributed by atoms with Crippen molar-refractivity contribution in [3.8, 4) is 5.88 Å². The Kier molecular flexibility index (Phi) is 4.54. The van der Waals surface area contributed by atoms with Crippen molar-refractivity contribution in [1.82, 2.24) is 9.29 Å². The van der Waals surface area contributed by atoms with Crippen LogP contribution in [-0.2, 0) is 14.8 Å². The number of carbonyl (C=O) groups is 1. The van der Waals surface area contributed by atoms with Gasteiger partial charge in [-0.2, -0.15) is 0 Å². The largest absolute Gasteiger partial charge is 0.474 e. The van der Waals surface area contributed by atoms with Gasteiger partial charge in [-0.1, -0.05) is 0 Å². The van der Waals surface area contributed by atoms with Gasteiger partial charge in [-0.05, 0) is 31.7 Å². The van der Waals surface area contributed by atoms with E-state index < -0.39 is 10.0 Å². The molecule has 23 heavy (non-hydrogen) atoms. The van der Waals surface area contributed by atoms with Gasteiger partial charge in [-0.3, -0.25) is 4.79 Å². The summed E-state index contributed by atoms with van der Waals surface area (Å²) < 4.78 is 30.2. The number of sulfonamides is 1. The van der Waals surface area contributed by atoms with Crippen molar-refractivity contribution < 1.29 is 17.9 Å². The molecule has 1 saturated carbocycles. The van der Waals surface area contributed by atoms with Crippen LogP contribution in [0.15, 0.2) is 18.3 Å². The van der Waals surface area contributed by atoms with E-state index in [4.69, 9.17) is 4.74 Å². The highest BCUT2D eigenvalue weighted by molar-refractivity contribution is 7.88. The lowest BCUT2D eigenvalue weighted by Crippen LogP contribution is -2.41. The lowest BCUT2D eigenvalue weighted by atomic mass is 10.1. The predicted molar refractivity (Wildman–Crippen MR) is 85.7 cm³/mol. The van der Waals surface area contributed by atoms with Gasteiger partial charge in [0.15, 0.2) is 0 Å². The summed E-state index contributed by atoms with van der Waals surface area (Å²) in [5.74, 6) is 0.701. The molecule has 0 spiro atoms. The molecule has 1 aliphatic heterocycles. The molecule has 1 N–H and O–H groups in total. The van der Waals surface area contributed by atoms with Crippen molar-refractivity contribution in [3.63, 3.8) is 0 Å². The van der Waals surface area contributed by atoms with Gasteiger partial charge in [-0.15, -0.1) is 0 Å². The second kappa shape index (κ2) is 6.45. The number of amides is 1. The van der Waals surface area contributed by atoms with Crippen LogP contribution in [0.2, 0.25) is 0 Å². The number of ether oxygens (including phenoxy) is 1. The third-order valence-corrected chi connectivity index (χ3v) is 5.41. The summed E-state index contributed by atoms with van der Waals surface area (Å²) in [5.41, 5.74) is 0.668. The molecule has 0 unspecified atom stereocenters. The maximum absolute atomic E-state index is 11.7. The number of hydrogen-bond acceptors (Lipinski definition) is 5. The molecule has 0 aromatic carbocycles. The molecule has 1 aliphatic carbocycles. The molecule has 1 aromatic rings. The Morgan fingerprint density at radius 2 is 1.96 bits per heavy atom. The topological polar surface area (TPSA) is 88.6 Å². The Labute approximate surface area is 136 Å². The molecule has 1 saturated heterocycles. The van der Waals surface area contributed by atoms with Crippen molar-refractivity contribution in [2.45, 2.75) is 31.8 Å². The first kappa shape index (κ1) is 16.2. The van der Waals surface area contributed by atoms with Crippen LogP contribution in [0, 0.1) is 5.92 Å². The zero-order chi connectivity index (χ0) is 16.4. The normalized spacial score (nSPS) is 20.2. The van der Waals surface area contributed by atoms with Crippen molar-refractivity contribution >= 4 is 21.6 Å². The number of anilines is 1. The van der Waals surface area contributed by atoms with Crippen molar-refractivity contribution in [3.05, 3.63) is 18.3 Å². The third kappa shape index (κ3) is 4.42. The van der Waals surface area contributed by atoms with Crippen LogP contribution in [0.1, 0.15) is 25.7 Å². The van der Waals surface area contributed by atoms with Gasteiger partial charge in [0, 0.05) is 25.1 Å². The molecule has 7 nitrogen and oxygen atoms in total. The Bertz CT molecular complexity index is 662. The molecule has 0 bridgehead atoms. The molecule has 0 atom stereocenters. The molecule has 2 aliphatic rings. The number of pyridine rings is 1. The van der Waals surface area contributed by atoms with E-state index >= 15 is 0 Å². The molecule has 8 heteroatoms. The number of piperidine rings is 1. The van der Waals surface area contributed by atoms with Crippen molar-refractivity contribution in [2.24, 2.45) is 5.92 Å². The van der Waals surface area contributed by atoms with Crippen molar-refractivity contribution in [1.29, 1.82) is 0 Å². The Hall–Kier alpha value is -1.67. The average molecular weight is 339 g/mol. The molecule has 3 rings (SSSR count). The summed E-state index contributed by atoms with van der Waals surface area (Å²) in [6, 6.07) is 3.50. The maximum Gasteiger partial charge on any atom is 0.227 e. The molecule has 126 valence electrons. The molecule has 1 amide bonds. The summed E-state index contributed by atoms with van der Waals surface area (Å²) >= 11 is 0. The zero-order valence-electron chi connectivity index (χ0n) is 13.1. The Morgan fingerprint density at radius 1 is 1.26 bits per heavy atom. The van der Waals surface area contributed by atoms with Crippen LogP contribution in [-0.4, -0.2) is 49.1 Å². The number of hydrogen-bond donors (Lipinski definition) is 1. The molecular weight excluding hydrogens is 318 g/mol. The second-order valence-corrected chi connectivity index (χ2v) is 8.11. The summed E-state index contributed by atoms with van der Waals surface area (Å²) in [7, 11) is -3.12. The van der Waals surface area contributed by atoms with Crippen LogP contribution >= 0.6 is 0 Å². The summed E-state index contributed by atoms with van der Waals surface area (Å²) in [6.45, 7) is 0.943. The monoisotopic (exact) mass is 339 g/mol. The fourth-order valence-corrected chi connectivity index (χ4v) is 3.44. The smallest absolute Gasteiger partial charge is 0.227 e. The van der Waals surface area contributed by atoms with Gasteiger partial charge < -0.3 is 10.1 Å². The van der Waals surface area contributed by atoms with E-state index in [-0.39, 0.29) is 17.9 Å². The first-order valence-electron chi connectivity index (χ1n) is 7.80.